The summed E-state index contributed by atoms with van der Waals surface area (Å²) in [6, 6.07) is 5.81. The fourth-order valence-electron chi connectivity index (χ4n) is 2.34. The van der Waals surface area contributed by atoms with Crippen LogP contribution in [0.2, 0.25) is 0 Å². The molecule has 0 aliphatic heterocycles. The molecule has 0 aromatic heterocycles. The monoisotopic (exact) mass is 208 g/mol. The van der Waals surface area contributed by atoms with Crippen LogP contribution in [0.15, 0.2) is 24.3 Å². The topological polar surface area (TPSA) is 37.3 Å². The van der Waals surface area contributed by atoms with E-state index in [1.54, 1.807) is 12.1 Å². The van der Waals surface area contributed by atoms with Crippen LogP contribution in [0.4, 0.5) is 4.39 Å². The molecule has 0 saturated heterocycles. The first kappa shape index (κ1) is 10.1. The van der Waals surface area contributed by atoms with Crippen LogP contribution in [0.3, 0.4) is 0 Å². The molecule has 1 N–H and O–H groups in total. The van der Waals surface area contributed by atoms with Gasteiger partial charge in [-0.1, -0.05) is 19.1 Å². The van der Waals surface area contributed by atoms with E-state index in [9.17, 15) is 14.3 Å². The number of carboxylic acids is 1. The molecule has 2 unspecified atom stereocenters. The molecule has 2 nitrogen and oxygen atoms in total. The van der Waals surface area contributed by atoms with Gasteiger partial charge in [0, 0.05) is 0 Å². The number of rotatable bonds is 2. The van der Waals surface area contributed by atoms with Gasteiger partial charge >= 0.3 is 5.97 Å². The van der Waals surface area contributed by atoms with E-state index in [1.807, 2.05) is 6.92 Å². The smallest absolute Gasteiger partial charge is 0.314 e. The van der Waals surface area contributed by atoms with Gasteiger partial charge in [-0.3, -0.25) is 4.79 Å². The molecule has 1 aromatic carbocycles. The molecule has 1 aliphatic rings. The lowest BCUT2D eigenvalue weighted by Gasteiger charge is -2.44. The molecule has 0 radical (unpaired) electrons. The minimum atomic E-state index is -0.798. The Kier molecular flexibility index (Phi) is 2.25. The Morgan fingerprint density at radius 3 is 2.40 bits per heavy atom. The van der Waals surface area contributed by atoms with Gasteiger partial charge in [-0.25, -0.2) is 4.39 Å². The Morgan fingerprint density at radius 1 is 1.47 bits per heavy atom. The highest BCUT2D eigenvalue weighted by molar-refractivity contribution is 5.83. The standard InChI is InChI=1S/C12H13FO2/c1-8-6-7-12(8,11(14)15)9-2-4-10(13)5-3-9/h2-5,8H,6-7H2,1H3,(H,14,15). The molecule has 2 atom stereocenters. The van der Waals surface area contributed by atoms with Crippen LogP contribution in [0.1, 0.15) is 25.3 Å². The maximum absolute atomic E-state index is 12.7. The summed E-state index contributed by atoms with van der Waals surface area (Å²) in [5, 5.41) is 9.28. The number of benzene rings is 1. The zero-order valence-electron chi connectivity index (χ0n) is 8.53. The summed E-state index contributed by atoms with van der Waals surface area (Å²) >= 11 is 0. The molecule has 2 rings (SSSR count). The Labute approximate surface area is 87.7 Å². The molecule has 0 spiro atoms. The van der Waals surface area contributed by atoms with E-state index in [2.05, 4.69) is 0 Å². The molecule has 1 saturated carbocycles. The molecule has 80 valence electrons. The molecule has 1 aliphatic carbocycles. The average molecular weight is 208 g/mol. The Hall–Kier alpha value is -1.38. The number of aliphatic carboxylic acids is 1. The molecular formula is C12H13FO2. The predicted molar refractivity (Wildman–Crippen MR) is 54.1 cm³/mol. The van der Waals surface area contributed by atoms with Crippen LogP contribution < -0.4 is 0 Å². The van der Waals surface area contributed by atoms with E-state index >= 15 is 0 Å². The number of halogens is 1. The SMILES string of the molecule is CC1CCC1(C(=O)O)c1ccc(F)cc1. The van der Waals surface area contributed by atoms with Crippen LogP contribution in [-0.2, 0) is 10.2 Å². The van der Waals surface area contributed by atoms with E-state index in [0.717, 1.165) is 12.0 Å². The van der Waals surface area contributed by atoms with Crippen LogP contribution >= 0.6 is 0 Å². The molecule has 0 amide bonds. The molecule has 1 aromatic rings. The van der Waals surface area contributed by atoms with Crippen molar-refractivity contribution >= 4 is 5.97 Å². The summed E-state index contributed by atoms with van der Waals surface area (Å²) in [7, 11) is 0. The molecule has 0 bridgehead atoms. The number of carboxylic acid groups (broad SMARTS) is 1. The van der Waals surface area contributed by atoms with Gasteiger partial charge in [-0.05, 0) is 36.5 Å². The van der Waals surface area contributed by atoms with Crippen molar-refractivity contribution in [1.29, 1.82) is 0 Å². The molecule has 15 heavy (non-hydrogen) atoms. The summed E-state index contributed by atoms with van der Waals surface area (Å²) in [5.41, 5.74) is -0.0663. The van der Waals surface area contributed by atoms with Gasteiger partial charge in [-0.2, -0.15) is 0 Å². The number of hydrogen-bond donors (Lipinski definition) is 1. The third-order valence-corrected chi connectivity index (χ3v) is 3.55. The van der Waals surface area contributed by atoms with Crippen LogP contribution in [0.5, 0.6) is 0 Å². The summed E-state index contributed by atoms with van der Waals surface area (Å²) in [5.74, 6) is -1.00. The van der Waals surface area contributed by atoms with Crippen molar-refractivity contribution in [3.63, 3.8) is 0 Å². The Bertz CT molecular complexity index is 385. The quantitative estimate of drug-likeness (QED) is 0.811. The summed E-state index contributed by atoms with van der Waals surface area (Å²) in [6.45, 7) is 1.93. The fourth-order valence-corrected chi connectivity index (χ4v) is 2.34. The van der Waals surface area contributed by atoms with Gasteiger partial charge in [0.2, 0.25) is 0 Å². The summed E-state index contributed by atoms with van der Waals surface area (Å²) in [6.07, 6.45) is 1.57. The zero-order valence-corrected chi connectivity index (χ0v) is 8.53. The maximum atomic E-state index is 12.7. The van der Waals surface area contributed by atoms with E-state index < -0.39 is 11.4 Å². The van der Waals surface area contributed by atoms with Crippen molar-refractivity contribution in [2.24, 2.45) is 5.92 Å². The first-order chi connectivity index (χ1) is 7.07. The second kappa shape index (κ2) is 3.33. The minimum Gasteiger partial charge on any atom is -0.481 e. The molecular weight excluding hydrogens is 195 g/mol. The van der Waals surface area contributed by atoms with E-state index in [0.29, 0.717) is 6.42 Å². The predicted octanol–water partition coefficient (Wildman–Crippen LogP) is 2.58. The van der Waals surface area contributed by atoms with Crippen LogP contribution in [-0.4, -0.2) is 11.1 Å². The summed E-state index contributed by atoms with van der Waals surface area (Å²) in [4.78, 5) is 11.3. The summed E-state index contributed by atoms with van der Waals surface area (Å²) < 4.78 is 12.7. The molecule has 3 heteroatoms. The Balaban J connectivity index is 2.42. The highest BCUT2D eigenvalue weighted by Gasteiger charge is 2.51. The Morgan fingerprint density at radius 2 is 2.07 bits per heavy atom. The van der Waals surface area contributed by atoms with Crippen molar-refractivity contribution in [3.8, 4) is 0 Å². The highest BCUT2D eigenvalue weighted by atomic mass is 19.1. The van der Waals surface area contributed by atoms with Gasteiger partial charge in [0.05, 0.1) is 5.41 Å². The molecule has 0 heterocycles. The largest absolute Gasteiger partial charge is 0.481 e. The zero-order chi connectivity index (χ0) is 11.1. The average Bonchev–Trinajstić information content (AvgIpc) is 2.19. The number of hydrogen-bond acceptors (Lipinski definition) is 1. The van der Waals surface area contributed by atoms with E-state index in [4.69, 9.17) is 0 Å². The fraction of sp³-hybridized carbons (Fsp3) is 0.417. The first-order valence-corrected chi connectivity index (χ1v) is 5.07. The van der Waals surface area contributed by atoms with Crippen molar-refractivity contribution in [3.05, 3.63) is 35.6 Å². The van der Waals surface area contributed by atoms with E-state index in [-0.39, 0.29) is 11.7 Å². The van der Waals surface area contributed by atoms with Gasteiger partial charge in [0.25, 0.3) is 0 Å². The van der Waals surface area contributed by atoms with Gasteiger partial charge in [-0.15, -0.1) is 0 Å². The lowest BCUT2D eigenvalue weighted by molar-refractivity contribution is -0.151. The second-order valence-corrected chi connectivity index (χ2v) is 4.22. The highest BCUT2D eigenvalue weighted by Crippen LogP contribution is 2.48. The third kappa shape index (κ3) is 1.34. The normalized spacial score (nSPS) is 29.6. The van der Waals surface area contributed by atoms with Crippen LogP contribution in [0, 0.1) is 11.7 Å². The van der Waals surface area contributed by atoms with Gasteiger partial charge in [0.1, 0.15) is 5.82 Å². The molecule has 1 fully saturated rings. The van der Waals surface area contributed by atoms with Gasteiger partial charge < -0.3 is 5.11 Å². The van der Waals surface area contributed by atoms with Gasteiger partial charge in [0.15, 0.2) is 0 Å². The van der Waals surface area contributed by atoms with Crippen molar-refractivity contribution in [2.75, 3.05) is 0 Å². The minimum absolute atomic E-state index is 0.125. The van der Waals surface area contributed by atoms with Crippen LogP contribution in [0.25, 0.3) is 0 Å². The van der Waals surface area contributed by atoms with Crippen molar-refractivity contribution in [2.45, 2.75) is 25.2 Å². The van der Waals surface area contributed by atoms with E-state index in [1.165, 1.54) is 12.1 Å². The first-order valence-electron chi connectivity index (χ1n) is 5.07. The third-order valence-electron chi connectivity index (χ3n) is 3.55. The second-order valence-electron chi connectivity index (χ2n) is 4.22. The number of carbonyl (C=O) groups is 1. The van der Waals surface area contributed by atoms with Crippen molar-refractivity contribution in [1.82, 2.24) is 0 Å². The lowest BCUT2D eigenvalue weighted by Crippen LogP contribution is -2.49. The lowest BCUT2D eigenvalue weighted by atomic mass is 9.57. The van der Waals surface area contributed by atoms with Crippen molar-refractivity contribution < 1.29 is 14.3 Å². The maximum Gasteiger partial charge on any atom is 0.314 e.